The molecule has 0 atom stereocenters. The molecule has 0 spiro atoms. The van der Waals surface area contributed by atoms with E-state index in [2.05, 4.69) is 41.4 Å². The maximum atomic E-state index is 12.5. The second-order valence-corrected chi connectivity index (χ2v) is 7.07. The van der Waals surface area contributed by atoms with Gasteiger partial charge in [0.2, 0.25) is 5.95 Å². The number of amides is 1. The van der Waals surface area contributed by atoms with E-state index in [1.807, 2.05) is 38.2 Å². The van der Waals surface area contributed by atoms with Crippen molar-refractivity contribution >= 4 is 38.8 Å². The summed E-state index contributed by atoms with van der Waals surface area (Å²) in [4.78, 5) is 21.0. The Balaban J connectivity index is 1.50. The molecule has 0 aliphatic carbocycles. The highest BCUT2D eigenvalue weighted by Crippen LogP contribution is 2.17. The number of carbonyl (C=O) groups is 1. The van der Waals surface area contributed by atoms with E-state index in [-0.39, 0.29) is 11.9 Å². The maximum Gasteiger partial charge on any atom is 0.259 e. The lowest BCUT2D eigenvalue weighted by molar-refractivity contribution is 0.102. The molecule has 4 aromatic rings. The molecule has 0 fully saturated rings. The van der Waals surface area contributed by atoms with E-state index < -0.39 is 0 Å². The number of hydrogen-bond acceptors (Lipinski definition) is 5. The molecule has 0 saturated carbocycles. The summed E-state index contributed by atoms with van der Waals surface area (Å²) < 4.78 is 4.36. The molecule has 0 radical (unpaired) electrons. The molecule has 27 heavy (non-hydrogen) atoms. The number of aryl methyl sites for hydroxylation is 2. The normalized spacial score (nSPS) is 11.1. The van der Waals surface area contributed by atoms with Crippen molar-refractivity contribution in [3.05, 3.63) is 64.1 Å². The average Bonchev–Trinajstić information content (AvgIpc) is 3.19. The molecule has 136 valence electrons. The zero-order chi connectivity index (χ0) is 19.0. The smallest absolute Gasteiger partial charge is 0.259 e. The standard InChI is InChI=1S/C18H16BrN7O/c1-11-15-7-13(8-20-16(15)25(2)23-11)17(27)22-18-21-10-26(24-18)9-12-4-3-5-14(19)6-12/h3-8,10H,9H2,1-2H3,(H,22,24,27). The van der Waals surface area contributed by atoms with Crippen LogP contribution in [0.5, 0.6) is 0 Å². The third-order valence-electron chi connectivity index (χ3n) is 4.12. The first-order valence-electron chi connectivity index (χ1n) is 8.24. The Morgan fingerprint density at radius 3 is 2.89 bits per heavy atom. The Morgan fingerprint density at radius 1 is 1.22 bits per heavy atom. The average molecular weight is 426 g/mol. The highest BCUT2D eigenvalue weighted by Gasteiger charge is 2.13. The van der Waals surface area contributed by atoms with Gasteiger partial charge in [0.15, 0.2) is 5.65 Å². The van der Waals surface area contributed by atoms with Gasteiger partial charge in [-0.3, -0.25) is 14.8 Å². The molecule has 1 aromatic carbocycles. The lowest BCUT2D eigenvalue weighted by Crippen LogP contribution is -2.14. The van der Waals surface area contributed by atoms with Gasteiger partial charge in [-0.1, -0.05) is 28.1 Å². The third-order valence-corrected chi connectivity index (χ3v) is 4.61. The highest BCUT2D eigenvalue weighted by molar-refractivity contribution is 9.10. The topological polar surface area (TPSA) is 90.5 Å². The summed E-state index contributed by atoms with van der Waals surface area (Å²) in [6.07, 6.45) is 3.11. The number of pyridine rings is 1. The van der Waals surface area contributed by atoms with Gasteiger partial charge in [-0.25, -0.2) is 14.6 Å². The minimum Gasteiger partial charge on any atom is -0.289 e. The Hall–Kier alpha value is -3.07. The third kappa shape index (κ3) is 3.59. The molecule has 8 nitrogen and oxygen atoms in total. The summed E-state index contributed by atoms with van der Waals surface area (Å²) in [6, 6.07) is 9.71. The van der Waals surface area contributed by atoms with Crippen LogP contribution in [0.25, 0.3) is 11.0 Å². The van der Waals surface area contributed by atoms with Crippen LogP contribution in [0.3, 0.4) is 0 Å². The van der Waals surface area contributed by atoms with E-state index in [1.54, 1.807) is 21.8 Å². The number of carbonyl (C=O) groups excluding carboxylic acids is 1. The molecular formula is C18H16BrN7O. The molecular weight excluding hydrogens is 410 g/mol. The van der Waals surface area contributed by atoms with E-state index in [4.69, 9.17) is 0 Å². The fraction of sp³-hybridized carbons (Fsp3) is 0.167. The van der Waals surface area contributed by atoms with Gasteiger partial charge in [-0.2, -0.15) is 5.10 Å². The van der Waals surface area contributed by atoms with Crippen molar-refractivity contribution in [1.82, 2.24) is 29.5 Å². The number of anilines is 1. The summed E-state index contributed by atoms with van der Waals surface area (Å²) in [6.45, 7) is 2.45. The summed E-state index contributed by atoms with van der Waals surface area (Å²) in [5.74, 6) is -0.0640. The molecule has 0 saturated heterocycles. The van der Waals surface area contributed by atoms with Gasteiger partial charge in [-0.15, -0.1) is 5.10 Å². The number of aromatic nitrogens is 6. The zero-order valence-electron chi connectivity index (χ0n) is 14.7. The van der Waals surface area contributed by atoms with Gasteiger partial charge in [0.05, 0.1) is 17.8 Å². The lowest BCUT2D eigenvalue weighted by atomic mass is 10.2. The van der Waals surface area contributed by atoms with Crippen LogP contribution in [0.4, 0.5) is 5.95 Å². The van der Waals surface area contributed by atoms with E-state index in [0.29, 0.717) is 12.1 Å². The second kappa shape index (κ2) is 6.92. The van der Waals surface area contributed by atoms with Crippen molar-refractivity contribution in [3.8, 4) is 0 Å². The highest BCUT2D eigenvalue weighted by atomic mass is 79.9. The van der Waals surface area contributed by atoms with Crippen molar-refractivity contribution in [1.29, 1.82) is 0 Å². The number of nitrogens with one attached hydrogen (secondary N) is 1. The minimum atomic E-state index is -0.312. The summed E-state index contributed by atoms with van der Waals surface area (Å²) in [5.41, 5.74) is 3.07. The van der Waals surface area contributed by atoms with Crippen LogP contribution in [0.2, 0.25) is 0 Å². The van der Waals surface area contributed by atoms with E-state index in [1.165, 1.54) is 6.20 Å². The first-order valence-corrected chi connectivity index (χ1v) is 9.03. The molecule has 9 heteroatoms. The SMILES string of the molecule is Cc1nn(C)c2ncc(C(=O)Nc3ncn(Cc4cccc(Br)c4)n3)cc12. The molecule has 3 heterocycles. The van der Waals surface area contributed by atoms with Gasteiger partial charge < -0.3 is 0 Å². The molecule has 1 N–H and O–H groups in total. The first-order chi connectivity index (χ1) is 13.0. The summed E-state index contributed by atoms with van der Waals surface area (Å²) in [7, 11) is 1.82. The molecule has 0 aliphatic heterocycles. The van der Waals surface area contributed by atoms with Crippen molar-refractivity contribution in [2.75, 3.05) is 5.32 Å². The predicted molar refractivity (Wildman–Crippen MR) is 104 cm³/mol. The Labute approximate surface area is 163 Å². The van der Waals surface area contributed by atoms with Crippen molar-refractivity contribution in [2.45, 2.75) is 13.5 Å². The predicted octanol–water partition coefficient (Wildman–Crippen LogP) is 2.93. The van der Waals surface area contributed by atoms with Gasteiger partial charge in [0.25, 0.3) is 5.91 Å². The Bertz CT molecular complexity index is 1150. The molecule has 0 unspecified atom stereocenters. The fourth-order valence-corrected chi connectivity index (χ4v) is 3.30. The Morgan fingerprint density at radius 2 is 2.07 bits per heavy atom. The van der Waals surface area contributed by atoms with Crippen LogP contribution in [0.15, 0.2) is 47.3 Å². The van der Waals surface area contributed by atoms with Crippen molar-refractivity contribution in [2.24, 2.45) is 7.05 Å². The lowest BCUT2D eigenvalue weighted by Gasteiger charge is -2.03. The quantitative estimate of drug-likeness (QED) is 0.542. The number of rotatable bonds is 4. The van der Waals surface area contributed by atoms with Gasteiger partial charge in [0, 0.05) is 23.1 Å². The van der Waals surface area contributed by atoms with Gasteiger partial charge in [0.1, 0.15) is 6.33 Å². The summed E-state index contributed by atoms with van der Waals surface area (Å²) >= 11 is 3.45. The van der Waals surface area contributed by atoms with E-state index in [9.17, 15) is 4.79 Å². The van der Waals surface area contributed by atoms with Gasteiger partial charge >= 0.3 is 0 Å². The van der Waals surface area contributed by atoms with Crippen LogP contribution in [0, 0.1) is 6.92 Å². The maximum absolute atomic E-state index is 12.5. The van der Waals surface area contributed by atoms with Crippen molar-refractivity contribution < 1.29 is 4.79 Å². The van der Waals surface area contributed by atoms with Crippen LogP contribution in [-0.2, 0) is 13.6 Å². The molecule has 0 aliphatic rings. The largest absolute Gasteiger partial charge is 0.289 e. The first kappa shape index (κ1) is 17.3. The number of benzene rings is 1. The minimum absolute atomic E-state index is 0.248. The monoisotopic (exact) mass is 425 g/mol. The van der Waals surface area contributed by atoms with Crippen molar-refractivity contribution in [3.63, 3.8) is 0 Å². The van der Waals surface area contributed by atoms with Crippen LogP contribution in [0.1, 0.15) is 21.6 Å². The number of fused-ring (bicyclic) bond motifs is 1. The van der Waals surface area contributed by atoms with Crippen LogP contribution in [-0.4, -0.2) is 35.4 Å². The molecule has 4 rings (SSSR count). The zero-order valence-corrected chi connectivity index (χ0v) is 16.3. The van der Waals surface area contributed by atoms with Crippen LogP contribution < -0.4 is 5.32 Å². The number of nitrogens with zero attached hydrogens (tertiary/aromatic N) is 6. The molecule has 0 bridgehead atoms. The van der Waals surface area contributed by atoms with Crippen LogP contribution >= 0.6 is 15.9 Å². The summed E-state index contributed by atoms with van der Waals surface area (Å²) in [5, 5.41) is 12.2. The van der Waals surface area contributed by atoms with Gasteiger partial charge in [-0.05, 0) is 30.7 Å². The Kier molecular flexibility index (Phi) is 4.44. The number of hydrogen-bond donors (Lipinski definition) is 1. The molecule has 3 aromatic heterocycles. The fourth-order valence-electron chi connectivity index (χ4n) is 2.86. The molecule has 1 amide bonds. The second-order valence-electron chi connectivity index (χ2n) is 6.15. The number of halogens is 1. The van der Waals surface area contributed by atoms with E-state index >= 15 is 0 Å². The van der Waals surface area contributed by atoms with E-state index in [0.717, 1.165) is 26.8 Å².